The van der Waals surface area contributed by atoms with E-state index in [2.05, 4.69) is 0 Å². The van der Waals surface area contributed by atoms with Crippen molar-refractivity contribution in [3.63, 3.8) is 0 Å². The van der Waals surface area contributed by atoms with Gasteiger partial charge in [0.1, 0.15) is 33.3 Å². The maximum Gasteiger partial charge on any atom is 0.158 e. The summed E-state index contributed by atoms with van der Waals surface area (Å²) in [5, 5.41) is 26.7. The van der Waals surface area contributed by atoms with E-state index in [4.69, 9.17) is 38.5 Å². The minimum absolute atomic E-state index is 0.0153. The summed E-state index contributed by atoms with van der Waals surface area (Å²) in [4.78, 5) is 0. The zero-order chi connectivity index (χ0) is 11.6. The number of hydrogen-bond acceptors (Lipinski definition) is 4. The molecule has 0 amide bonds. The van der Waals surface area contributed by atoms with Crippen molar-refractivity contribution < 1.29 is 9.84 Å². The summed E-state index contributed by atoms with van der Waals surface area (Å²) in [5.41, 5.74) is -0.379. The SMILES string of the molecule is COc1c(Cl)c(Cl)c(O)c(C#N)c1C#N. The molecule has 76 valence electrons. The Labute approximate surface area is 95.8 Å². The molecule has 0 saturated heterocycles. The van der Waals surface area contributed by atoms with Crippen LogP contribution in [0, 0.1) is 22.7 Å². The first-order valence-electron chi connectivity index (χ1n) is 3.66. The highest BCUT2D eigenvalue weighted by Crippen LogP contribution is 2.43. The number of nitriles is 2. The lowest BCUT2D eigenvalue weighted by Crippen LogP contribution is -1.94. The Morgan fingerprint density at radius 3 is 2.07 bits per heavy atom. The van der Waals surface area contributed by atoms with Gasteiger partial charge in [0.2, 0.25) is 0 Å². The molecule has 0 aromatic heterocycles. The summed E-state index contributed by atoms with van der Waals surface area (Å²) in [5.74, 6) is -0.528. The van der Waals surface area contributed by atoms with Gasteiger partial charge >= 0.3 is 0 Å². The monoisotopic (exact) mass is 242 g/mol. The van der Waals surface area contributed by atoms with Crippen molar-refractivity contribution >= 4 is 23.2 Å². The first-order valence-corrected chi connectivity index (χ1v) is 4.42. The summed E-state index contributed by atoms with van der Waals surface area (Å²) in [6, 6.07) is 3.39. The molecule has 15 heavy (non-hydrogen) atoms. The normalized spacial score (nSPS) is 9.13. The minimum atomic E-state index is -0.512. The summed E-state index contributed by atoms with van der Waals surface area (Å²) in [6.07, 6.45) is 0. The van der Waals surface area contributed by atoms with Crippen molar-refractivity contribution in [1.82, 2.24) is 0 Å². The predicted octanol–water partition coefficient (Wildman–Crippen LogP) is 2.45. The number of ether oxygens (including phenoxy) is 1. The highest BCUT2D eigenvalue weighted by molar-refractivity contribution is 6.44. The second-order valence-electron chi connectivity index (χ2n) is 2.48. The topological polar surface area (TPSA) is 77.0 Å². The van der Waals surface area contributed by atoms with Crippen LogP contribution in [0.15, 0.2) is 0 Å². The van der Waals surface area contributed by atoms with E-state index in [9.17, 15) is 5.11 Å². The van der Waals surface area contributed by atoms with E-state index in [1.165, 1.54) is 7.11 Å². The summed E-state index contributed by atoms with van der Waals surface area (Å²) < 4.78 is 4.84. The van der Waals surface area contributed by atoms with Crippen molar-refractivity contribution in [2.45, 2.75) is 0 Å². The van der Waals surface area contributed by atoms with Crippen LogP contribution in [0.1, 0.15) is 11.1 Å². The third-order valence-corrected chi connectivity index (χ3v) is 2.57. The molecule has 0 radical (unpaired) electrons. The van der Waals surface area contributed by atoms with Crippen LogP contribution in [0.3, 0.4) is 0 Å². The molecule has 0 fully saturated rings. The first-order chi connectivity index (χ1) is 7.08. The molecule has 0 spiro atoms. The molecule has 0 saturated carbocycles. The van der Waals surface area contributed by atoms with Crippen LogP contribution in [0.25, 0.3) is 0 Å². The van der Waals surface area contributed by atoms with Crippen LogP contribution in [-0.4, -0.2) is 12.2 Å². The third-order valence-electron chi connectivity index (χ3n) is 1.74. The highest BCUT2D eigenvalue weighted by atomic mass is 35.5. The maximum absolute atomic E-state index is 9.46. The van der Waals surface area contributed by atoms with E-state index < -0.39 is 5.75 Å². The molecule has 0 heterocycles. The molecule has 1 aromatic rings. The van der Waals surface area contributed by atoms with E-state index in [1.807, 2.05) is 0 Å². The summed E-state index contributed by atoms with van der Waals surface area (Å²) in [6.45, 7) is 0. The van der Waals surface area contributed by atoms with Gasteiger partial charge in [-0.15, -0.1) is 0 Å². The fraction of sp³-hybridized carbons (Fsp3) is 0.111. The molecule has 1 aromatic carbocycles. The molecule has 1 rings (SSSR count). The Balaban J connectivity index is 3.79. The first kappa shape index (κ1) is 11.5. The fourth-order valence-electron chi connectivity index (χ4n) is 1.06. The van der Waals surface area contributed by atoms with E-state index in [0.717, 1.165) is 0 Å². The van der Waals surface area contributed by atoms with Gasteiger partial charge in [-0.05, 0) is 0 Å². The van der Waals surface area contributed by atoms with Crippen LogP contribution in [0.2, 0.25) is 10.0 Å². The number of phenols is 1. The van der Waals surface area contributed by atoms with Gasteiger partial charge in [-0.3, -0.25) is 0 Å². The average Bonchev–Trinajstić information content (AvgIpc) is 2.25. The second-order valence-corrected chi connectivity index (χ2v) is 3.24. The quantitative estimate of drug-likeness (QED) is 0.821. The molecule has 1 N–H and O–H groups in total. The molecular formula is C9H4Cl2N2O2. The molecule has 4 nitrogen and oxygen atoms in total. The fourth-order valence-corrected chi connectivity index (χ4v) is 1.50. The van der Waals surface area contributed by atoms with Crippen LogP contribution >= 0.6 is 23.2 Å². The molecule has 0 aliphatic rings. The Kier molecular flexibility index (Phi) is 3.26. The largest absolute Gasteiger partial charge is 0.505 e. The Hall–Kier alpha value is -1.62. The molecule has 0 aliphatic heterocycles. The van der Waals surface area contributed by atoms with Gasteiger partial charge in [0.05, 0.1) is 7.11 Å². The van der Waals surface area contributed by atoms with E-state index in [1.54, 1.807) is 12.1 Å². The Morgan fingerprint density at radius 1 is 1.13 bits per heavy atom. The summed E-state index contributed by atoms with van der Waals surface area (Å²) >= 11 is 11.4. The van der Waals surface area contributed by atoms with Gasteiger partial charge in [-0.2, -0.15) is 10.5 Å². The highest BCUT2D eigenvalue weighted by Gasteiger charge is 2.22. The van der Waals surface area contributed by atoms with Gasteiger partial charge < -0.3 is 9.84 Å². The second kappa shape index (κ2) is 4.27. The van der Waals surface area contributed by atoms with Crippen molar-refractivity contribution in [3.05, 3.63) is 21.2 Å². The van der Waals surface area contributed by atoms with Crippen molar-refractivity contribution in [2.24, 2.45) is 0 Å². The number of aromatic hydroxyl groups is 1. The van der Waals surface area contributed by atoms with Crippen molar-refractivity contribution in [1.29, 1.82) is 10.5 Å². The number of benzene rings is 1. The molecule has 6 heteroatoms. The van der Waals surface area contributed by atoms with E-state index in [-0.39, 0.29) is 26.9 Å². The lowest BCUT2D eigenvalue weighted by atomic mass is 10.1. The van der Waals surface area contributed by atoms with Crippen LogP contribution in [0.4, 0.5) is 0 Å². The standard InChI is InChI=1S/C9H4Cl2N2O2/c1-15-9-5(3-13)4(2-12)8(14)6(10)7(9)11/h14H,1H3. The Bertz CT molecular complexity index is 501. The van der Waals surface area contributed by atoms with Crippen LogP contribution in [0.5, 0.6) is 11.5 Å². The van der Waals surface area contributed by atoms with Gasteiger partial charge in [0.15, 0.2) is 11.5 Å². The number of halogens is 2. The number of nitrogens with zero attached hydrogens (tertiary/aromatic N) is 2. The zero-order valence-electron chi connectivity index (χ0n) is 7.51. The molecule has 0 unspecified atom stereocenters. The average molecular weight is 243 g/mol. The van der Waals surface area contributed by atoms with Gasteiger partial charge in [0.25, 0.3) is 0 Å². The lowest BCUT2D eigenvalue weighted by Gasteiger charge is -2.10. The smallest absolute Gasteiger partial charge is 0.158 e. The molecule has 0 aliphatic carbocycles. The van der Waals surface area contributed by atoms with E-state index >= 15 is 0 Å². The zero-order valence-corrected chi connectivity index (χ0v) is 9.02. The number of phenolic OH excluding ortho intramolecular Hbond substituents is 1. The van der Waals surface area contributed by atoms with Crippen LogP contribution in [-0.2, 0) is 0 Å². The summed E-state index contributed by atoms with van der Waals surface area (Å²) in [7, 11) is 1.29. The van der Waals surface area contributed by atoms with E-state index in [0.29, 0.717) is 0 Å². The third kappa shape index (κ3) is 1.66. The minimum Gasteiger partial charge on any atom is -0.505 e. The van der Waals surface area contributed by atoms with Crippen molar-refractivity contribution in [2.75, 3.05) is 7.11 Å². The van der Waals surface area contributed by atoms with Crippen molar-refractivity contribution in [3.8, 4) is 23.6 Å². The number of rotatable bonds is 1. The molecule has 0 bridgehead atoms. The predicted molar refractivity (Wildman–Crippen MR) is 54.1 cm³/mol. The van der Waals surface area contributed by atoms with Gasteiger partial charge in [-0.1, -0.05) is 23.2 Å². The van der Waals surface area contributed by atoms with Crippen LogP contribution < -0.4 is 4.74 Å². The molecular weight excluding hydrogens is 239 g/mol. The lowest BCUT2D eigenvalue weighted by molar-refractivity contribution is 0.411. The van der Waals surface area contributed by atoms with Gasteiger partial charge in [0, 0.05) is 0 Å². The molecule has 0 atom stereocenters. The van der Waals surface area contributed by atoms with Gasteiger partial charge in [-0.25, -0.2) is 0 Å². The Morgan fingerprint density at radius 2 is 1.67 bits per heavy atom. The number of hydrogen-bond donors (Lipinski definition) is 1. The maximum atomic E-state index is 9.46. The number of methoxy groups -OCH3 is 1.